The molecule has 1 aromatic carbocycles. The Morgan fingerprint density at radius 1 is 1.56 bits per heavy atom. The predicted molar refractivity (Wildman–Crippen MR) is 58.8 cm³/mol. The quantitative estimate of drug-likeness (QED) is 0.854. The molecule has 2 atom stereocenters. The van der Waals surface area contributed by atoms with E-state index in [1.165, 1.54) is 7.11 Å². The number of hydrogen-bond donors (Lipinski definition) is 1. The second-order valence-electron chi connectivity index (χ2n) is 4.01. The molecule has 0 aliphatic carbocycles. The first-order valence-electron chi connectivity index (χ1n) is 5.39. The van der Waals surface area contributed by atoms with Gasteiger partial charge >= 0.3 is 0 Å². The summed E-state index contributed by atoms with van der Waals surface area (Å²) in [6.07, 6.45) is 0.887. The van der Waals surface area contributed by atoms with Crippen molar-refractivity contribution in [1.82, 2.24) is 0 Å². The van der Waals surface area contributed by atoms with Crippen molar-refractivity contribution in [3.05, 3.63) is 29.6 Å². The van der Waals surface area contributed by atoms with Crippen LogP contribution in [0.25, 0.3) is 0 Å². The maximum atomic E-state index is 13.9. The fourth-order valence-electron chi connectivity index (χ4n) is 2.03. The second kappa shape index (κ2) is 4.80. The summed E-state index contributed by atoms with van der Waals surface area (Å²) in [4.78, 5) is 0. The summed E-state index contributed by atoms with van der Waals surface area (Å²) in [5.41, 5.74) is 6.56. The molecule has 1 aliphatic rings. The van der Waals surface area contributed by atoms with E-state index in [9.17, 15) is 4.39 Å². The van der Waals surface area contributed by atoms with Crippen LogP contribution in [0, 0.1) is 11.7 Å². The molecule has 16 heavy (non-hydrogen) atoms. The van der Waals surface area contributed by atoms with Crippen LogP contribution < -0.4 is 10.5 Å². The lowest BCUT2D eigenvalue weighted by atomic mass is 9.93. The highest BCUT2D eigenvalue weighted by molar-refractivity contribution is 5.33. The molecular weight excluding hydrogens is 209 g/mol. The molecule has 3 nitrogen and oxygen atoms in total. The molecule has 0 saturated carbocycles. The zero-order chi connectivity index (χ0) is 11.5. The van der Waals surface area contributed by atoms with Gasteiger partial charge in [0.1, 0.15) is 0 Å². The second-order valence-corrected chi connectivity index (χ2v) is 4.01. The van der Waals surface area contributed by atoms with Crippen molar-refractivity contribution in [3.8, 4) is 5.75 Å². The van der Waals surface area contributed by atoms with Crippen molar-refractivity contribution >= 4 is 0 Å². The SMILES string of the molecule is COc1cccc(C(N)C2CCOC2)c1F. The standard InChI is InChI=1S/C12H16FNO2/c1-15-10-4-2-3-9(11(10)13)12(14)8-5-6-16-7-8/h2-4,8,12H,5-7,14H2,1H3. The first kappa shape index (κ1) is 11.4. The number of halogens is 1. The van der Waals surface area contributed by atoms with Crippen LogP contribution in [0.15, 0.2) is 18.2 Å². The third kappa shape index (κ3) is 2.03. The highest BCUT2D eigenvalue weighted by Gasteiger charge is 2.26. The van der Waals surface area contributed by atoms with Gasteiger partial charge in [0.2, 0.25) is 0 Å². The minimum absolute atomic E-state index is 0.196. The van der Waals surface area contributed by atoms with Gasteiger partial charge in [-0.1, -0.05) is 12.1 Å². The van der Waals surface area contributed by atoms with Crippen LogP contribution >= 0.6 is 0 Å². The number of ether oxygens (including phenoxy) is 2. The first-order valence-corrected chi connectivity index (χ1v) is 5.39. The molecule has 2 N–H and O–H groups in total. The molecule has 2 rings (SSSR count). The monoisotopic (exact) mass is 225 g/mol. The van der Waals surface area contributed by atoms with E-state index in [1.54, 1.807) is 18.2 Å². The van der Waals surface area contributed by atoms with E-state index in [-0.39, 0.29) is 23.5 Å². The smallest absolute Gasteiger partial charge is 0.169 e. The van der Waals surface area contributed by atoms with Gasteiger partial charge in [0.15, 0.2) is 11.6 Å². The van der Waals surface area contributed by atoms with Crippen molar-refractivity contribution in [1.29, 1.82) is 0 Å². The lowest BCUT2D eigenvalue weighted by Gasteiger charge is -2.19. The topological polar surface area (TPSA) is 44.5 Å². The van der Waals surface area contributed by atoms with Gasteiger partial charge in [-0.2, -0.15) is 0 Å². The van der Waals surface area contributed by atoms with Crippen molar-refractivity contribution in [2.45, 2.75) is 12.5 Å². The van der Waals surface area contributed by atoms with E-state index in [2.05, 4.69) is 0 Å². The van der Waals surface area contributed by atoms with Crippen LogP contribution in [0.1, 0.15) is 18.0 Å². The Bertz CT molecular complexity index is 364. The highest BCUT2D eigenvalue weighted by Crippen LogP contribution is 2.31. The van der Waals surface area contributed by atoms with E-state index in [1.807, 2.05) is 0 Å². The Labute approximate surface area is 94.3 Å². The lowest BCUT2D eigenvalue weighted by Crippen LogP contribution is -2.22. The Kier molecular flexibility index (Phi) is 3.41. The van der Waals surface area contributed by atoms with Crippen molar-refractivity contribution in [2.75, 3.05) is 20.3 Å². The van der Waals surface area contributed by atoms with Crippen LogP contribution in [0.4, 0.5) is 4.39 Å². The maximum Gasteiger partial charge on any atom is 0.169 e. The Morgan fingerprint density at radius 3 is 3.00 bits per heavy atom. The van der Waals surface area contributed by atoms with Crippen molar-refractivity contribution in [2.24, 2.45) is 11.7 Å². The van der Waals surface area contributed by atoms with Gasteiger partial charge in [-0.3, -0.25) is 0 Å². The minimum atomic E-state index is -0.357. The Morgan fingerprint density at radius 2 is 2.38 bits per heavy atom. The number of benzene rings is 1. The Hall–Kier alpha value is -1.13. The predicted octanol–water partition coefficient (Wildman–Crippen LogP) is 1.87. The summed E-state index contributed by atoms with van der Waals surface area (Å²) < 4.78 is 24.1. The molecule has 0 aromatic heterocycles. The summed E-state index contributed by atoms with van der Waals surface area (Å²) in [5, 5.41) is 0. The molecule has 1 aliphatic heterocycles. The zero-order valence-corrected chi connectivity index (χ0v) is 9.28. The van der Waals surface area contributed by atoms with E-state index in [0.29, 0.717) is 18.8 Å². The van der Waals surface area contributed by atoms with Gasteiger partial charge in [0, 0.05) is 24.1 Å². The normalized spacial score (nSPS) is 22.1. The molecule has 1 fully saturated rings. The molecule has 4 heteroatoms. The number of rotatable bonds is 3. The molecule has 1 saturated heterocycles. The van der Waals surface area contributed by atoms with E-state index >= 15 is 0 Å². The van der Waals surface area contributed by atoms with Crippen LogP contribution in [0.2, 0.25) is 0 Å². The fourth-order valence-corrected chi connectivity index (χ4v) is 2.03. The summed E-state index contributed by atoms with van der Waals surface area (Å²) in [5.74, 6) is 0.0814. The van der Waals surface area contributed by atoms with Gasteiger partial charge in [-0.25, -0.2) is 4.39 Å². The summed E-state index contributed by atoms with van der Waals surface area (Å²) in [6, 6.07) is 4.74. The molecule has 1 aromatic rings. The average Bonchev–Trinajstić information content (AvgIpc) is 2.82. The van der Waals surface area contributed by atoms with Gasteiger partial charge in [-0.15, -0.1) is 0 Å². The van der Waals surface area contributed by atoms with Gasteiger partial charge in [0.25, 0.3) is 0 Å². The largest absolute Gasteiger partial charge is 0.494 e. The molecule has 0 bridgehead atoms. The zero-order valence-electron chi connectivity index (χ0n) is 9.28. The van der Waals surface area contributed by atoms with Gasteiger partial charge in [0.05, 0.1) is 13.7 Å². The molecule has 1 heterocycles. The third-order valence-electron chi connectivity index (χ3n) is 3.04. The van der Waals surface area contributed by atoms with E-state index in [0.717, 1.165) is 6.42 Å². The fraction of sp³-hybridized carbons (Fsp3) is 0.500. The van der Waals surface area contributed by atoms with Crippen LogP contribution in [0.3, 0.4) is 0 Å². The lowest BCUT2D eigenvalue weighted by molar-refractivity contribution is 0.180. The van der Waals surface area contributed by atoms with Gasteiger partial charge < -0.3 is 15.2 Å². The molecular formula is C12H16FNO2. The maximum absolute atomic E-state index is 13.9. The number of methoxy groups -OCH3 is 1. The summed E-state index contributed by atoms with van der Waals surface area (Å²) in [7, 11) is 1.45. The van der Waals surface area contributed by atoms with Crippen LogP contribution in [-0.4, -0.2) is 20.3 Å². The molecule has 0 amide bonds. The Balaban J connectivity index is 2.25. The van der Waals surface area contributed by atoms with E-state index < -0.39 is 0 Å². The molecule has 2 unspecified atom stereocenters. The van der Waals surface area contributed by atoms with Crippen LogP contribution in [-0.2, 0) is 4.74 Å². The molecule has 88 valence electrons. The van der Waals surface area contributed by atoms with Crippen molar-refractivity contribution in [3.63, 3.8) is 0 Å². The number of hydrogen-bond acceptors (Lipinski definition) is 3. The average molecular weight is 225 g/mol. The van der Waals surface area contributed by atoms with E-state index in [4.69, 9.17) is 15.2 Å². The summed E-state index contributed by atoms with van der Waals surface area (Å²) in [6.45, 7) is 1.32. The molecule has 0 spiro atoms. The highest BCUT2D eigenvalue weighted by atomic mass is 19.1. The molecule has 0 radical (unpaired) electrons. The van der Waals surface area contributed by atoms with Crippen molar-refractivity contribution < 1.29 is 13.9 Å². The first-order chi connectivity index (χ1) is 7.74. The van der Waals surface area contributed by atoms with Crippen LogP contribution in [0.5, 0.6) is 5.75 Å². The summed E-state index contributed by atoms with van der Waals surface area (Å²) >= 11 is 0. The number of nitrogens with two attached hydrogens (primary N) is 1. The third-order valence-corrected chi connectivity index (χ3v) is 3.04. The van der Waals surface area contributed by atoms with Gasteiger partial charge in [-0.05, 0) is 12.5 Å². The minimum Gasteiger partial charge on any atom is -0.494 e.